The highest BCUT2D eigenvalue weighted by molar-refractivity contribution is 6.42. The number of anilines is 2. The van der Waals surface area contributed by atoms with Crippen LogP contribution in [0.25, 0.3) is 0 Å². The lowest BCUT2D eigenvalue weighted by Crippen LogP contribution is -2.27. The van der Waals surface area contributed by atoms with Gasteiger partial charge in [-0.15, -0.1) is 0 Å². The largest absolute Gasteiger partial charge is 0.383 e. The van der Waals surface area contributed by atoms with Gasteiger partial charge in [-0.1, -0.05) is 23.2 Å². The third-order valence-corrected chi connectivity index (χ3v) is 3.42. The van der Waals surface area contributed by atoms with Crippen LogP contribution in [0.15, 0.2) is 30.6 Å². The van der Waals surface area contributed by atoms with Crippen molar-refractivity contribution in [2.45, 2.75) is 0 Å². The first-order chi connectivity index (χ1) is 10.6. The molecule has 0 aliphatic carbocycles. The predicted octanol–water partition coefficient (Wildman–Crippen LogP) is 2.90. The highest BCUT2D eigenvalue weighted by atomic mass is 35.5. The van der Waals surface area contributed by atoms with Gasteiger partial charge < -0.3 is 15.4 Å². The molecule has 2 rings (SSSR count). The number of hydrogen-bond acceptors (Lipinski definition) is 5. The van der Waals surface area contributed by atoms with Crippen molar-refractivity contribution in [1.82, 2.24) is 15.3 Å². The number of halogens is 2. The van der Waals surface area contributed by atoms with E-state index < -0.39 is 0 Å². The van der Waals surface area contributed by atoms with Gasteiger partial charge in [0.1, 0.15) is 17.8 Å². The highest BCUT2D eigenvalue weighted by Crippen LogP contribution is 2.26. The van der Waals surface area contributed by atoms with Crippen molar-refractivity contribution in [2.75, 3.05) is 25.6 Å². The molecule has 2 N–H and O–H groups in total. The maximum atomic E-state index is 11.9. The van der Waals surface area contributed by atoms with E-state index >= 15 is 0 Å². The first kappa shape index (κ1) is 16.5. The summed E-state index contributed by atoms with van der Waals surface area (Å²) in [5.74, 6) is 0.182. The first-order valence-corrected chi connectivity index (χ1v) is 7.17. The Morgan fingerprint density at radius 2 is 2.05 bits per heavy atom. The van der Waals surface area contributed by atoms with Crippen LogP contribution in [0.1, 0.15) is 10.5 Å². The van der Waals surface area contributed by atoms with Crippen LogP contribution in [0.4, 0.5) is 11.5 Å². The van der Waals surface area contributed by atoms with Crippen LogP contribution in [0.3, 0.4) is 0 Å². The summed E-state index contributed by atoms with van der Waals surface area (Å²) in [6.45, 7) is 0.847. The van der Waals surface area contributed by atoms with Crippen LogP contribution in [-0.4, -0.2) is 36.1 Å². The van der Waals surface area contributed by atoms with Crippen LogP contribution in [0.5, 0.6) is 0 Å². The minimum atomic E-state index is -0.295. The van der Waals surface area contributed by atoms with Gasteiger partial charge in [-0.25, -0.2) is 9.97 Å². The van der Waals surface area contributed by atoms with E-state index in [1.165, 1.54) is 6.33 Å². The summed E-state index contributed by atoms with van der Waals surface area (Å²) in [6.07, 6.45) is 1.31. The van der Waals surface area contributed by atoms with Crippen LogP contribution >= 0.6 is 23.2 Å². The van der Waals surface area contributed by atoms with E-state index in [2.05, 4.69) is 20.6 Å². The molecule has 6 nitrogen and oxygen atoms in total. The van der Waals surface area contributed by atoms with Crippen LogP contribution in [0.2, 0.25) is 10.0 Å². The Kier molecular flexibility index (Phi) is 5.94. The molecule has 22 heavy (non-hydrogen) atoms. The monoisotopic (exact) mass is 340 g/mol. The Labute approximate surface area is 137 Å². The Morgan fingerprint density at radius 1 is 1.23 bits per heavy atom. The van der Waals surface area contributed by atoms with Crippen LogP contribution in [-0.2, 0) is 4.74 Å². The summed E-state index contributed by atoms with van der Waals surface area (Å²) in [7, 11) is 1.57. The molecule has 1 amide bonds. The van der Waals surface area contributed by atoms with E-state index in [0.29, 0.717) is 34.7 Å². The molecule has 0 atom stereocenters. The number of hydrogen-bond donors (Lipinski definition) is 2. The van der Waals surface area contributed by atoms with E-state index in [0.717, 1.165) is 0 Å². The van der Waals surface area contributed by atoms with Crippen molar-refractivity contribution in [1.29, 1.82) is 0 Å². The molecular formula is C14H14Cl2N4O2. The second kappa shape index (κ2) is 7.93. The van der Waals surface area contributed by atoms with Crippen molar-refractivity contribution in [3.05, 3.63) is 46.3 Å². The van der Waals surface area contributed by atoms with Crippen molar-refractivity contribution >= 4 is 40.6 Å². The average molecular weight is 341 g/mol. The van der Waals surface area contributed by atoms with Gasteiger partial charge in [0.2, 0.25) is 0 Å². The average Bonchev–Trinajstić information content (AvgIpc) is 2.51. The molecule has 0 saturated carbocycles. The lowest BCUT2D eigenvalue weighted by Gasteiger charge is -2.08. The highest BCUT2D eigenvalue weighted by Gasteiger charge is 2.08. The van der Waals surface area contributed by atoms with Gasteiger partial charge in [0.05, 0.1) is 16.7 Å². The smallest absolute Gasteiger partial charge is 0.270 e. The molecular weight excluding hydrogens is 327 g/mol. The first-order valence-electron chi connectivity index (χ1n) is 6.41. The van der Waals surface area contributed by atoms with Gasteiger partial charge in [-0.3, -0.25) is 4.79 Å². The molecule has 1 aromatic heterocycles. The maximum Gasteiger partial charge on any atom is 0.270 e. The number of nitrogens with zero attached hydrogens (tertiary/aromatic N) is 2. The molecule has 0 aliphatic heterocycles. The molecule has 8 heteroatoms. The Morgan fingerprint density at radius 3 is 2.77 bits per heavy atom. The van der Waals surface area contributed by atoms with Crippen LogP contribution < -0.4 is 10.6 Å². The fourth-order valence-electron chi connectivity index (χ4n) is 1.63. The van der Waals surface area contributed by atoms with Crippen molar-refractivity contribution in [3.8, 4) is 0 Å². The lowest BCUT2D eigenvalue weighted by atomic mass is 10.3. The Balaban J connectivity index is 2.07. The number of ether oxygens (including phenoxy) is 1. The zero-order valence-corrected chi connectivity index (χ0v) is 13.3. The molecule has 0 radical (unpaired) electrons. The zero-order chi connectivity index (χ0) is 15.9. The van der Waals surface area contributed by atoms with Gasteiger partial charge in [0, 0.05) is 25.4 Å². The number of carbonyl (C=O) groups is 1. The SMILES string of the molecule is COCCNC(=O)c1cc(Nc2ccc(Cl)c(Cl)c2)ncn1. The summed E-state index contributed by atoms with van der Waals surface area (Å²) in [5, 5.41) is 6.62. The van der Waals surface area contributed by atoms with E-state index in [4.69, 9.17) is 27.9 Å². The standard InChI is InChI=1S/C14H14Cl2N4O2/c1-22-5-4-17-14(21)12-7-13(19-8-18-12)20-9-2-3-10(15)11(16)6-9/h2-3,6-8H,4-5H2,1H3,(H,17,21)(H,18,19,20). The maximum absolute atomic E-state index is 11.9. The van der Waals surface area contributed by atoms with Gasteiger partial charge in [0.15, 0.2) is 0 Å². The third-order valence-electron chi connectivity index (χ3n) is 2.68. The third kappa shape index (κ3) is 4.56. The second-order valence-corrected chi connectivity index (χ2v) is 5.11. The fourth-order valence-corrected chi connectivity index (χ4v) is 1.93. The topological polar surface area (TPSA) is 76.1 Å². The minimum Gasteiger partial charge on any atom is -0.383 e. The van der Waals surface area contributed by atoms with Gasteiger partial charge in [0.25, 0.3) is 5.91 Å². The number of methoxy groups -OCH3 is 1. The fraction of sp³-hybridized carbons (Fsp3) is 0.214. The lowest BCUT2D eigenvalue weighted by molar-refractivity contribution is 0.0932. The molecule has 0 fully saturated rings. The molecule has 2 aromatic rings. The summed E-state index contributed by atoms with van der Waals surface area (Å²) < 4.78 is 4.87. The molecule has 116 valence electrons. The quantitative estimate of drug-likeness (QED) is 0.790. The van der Waals surface area contributed by atoms with E-state index in [-0.39, 0.29) is 11.6 Å². The number of rotatable bonds is 6. The van der Waals surface area contributed by atoms with Crippen molar-refractivity contribution in [2.24, 2.45) is 0 Å². The zero-order valence-electron chi connectivity index (χ0n) is 11.8. The van der Waals surface area contributed by atoms with Gasteiger partial charge in [-0.05, 0) is 18.2 Å². The number of benzene rings is 1. The molecule has 0 saturated heterocycles. The Hall–Kier alpha value is -1.89. The van der Waals surface area contributed by atoms with Crippen molar-refractivity contribution < 1.29 is 9.53 Å². The van der Waals surface area contributed by atoms with Gasteiger partial charge >= 0.3 is 0 Å². The summed E-state index contributed by atoms with van der Waals surface area (Å²) in [4.78, 5) is 19.9. The molecule has 0 bridgehead atoms. The predicted molar refractivity (Wildman–Crippen MR) is 86.0 cm³/mol. The van der Waals surface area contributed by atoms with Crippen LogP contribution in [0, 0.1) is 0 Å². The number of nitrogens with one attached hydrogen (secondary N) is 2. The van der Waals surface area contributed by atoms with Gasteiger partial charge in [-0.2, -0.15) is 0 Å². The van der Waals surface area contributed by atoms with E-state index in [1.54, 1.807) is 31.4 Å². The number of amides is 1. The normalized spacial score (nSPS) is 10.3. The summed E-state index contributed by atoms with van der Waals surface area (Å²) in [5.41, 5.74) is 0.965. The molecule has 0 aliphatic rings. The van der Waals surface area contributed by atoms with E-state index in [9.17, 15) is 4.79 Å². The second-order valence-electron chi connectivity index (χ2n) is 4.29. The van der Waals surface area contributed by atoms with E-state index in [1.807, 2.05) is 0 Å². The molecule has 1 aromatic carbocycles. The summed E-state index contributed by atoms with van der Waals surface area (Å²) >= 11 is 11.8. The van der Waals surface area contributed by atoms with Crippen molar-refractivity contribution in [3.63, 3.8) is 0 Å². The Bertz CT molecular complexity index is 667. The molecule has 1 heterocycles. The molecule has 0 unspecified atom stereocenters. The number of carbonyl (C=O) groups excluding carboxylic acids is 1. The number of aromatic nitrogens is 2. The minimum absolute atomic E-state index is 0.258. The molecule has 0 spiro atoms. The summed E-state index contributed by atoms with van der Waals surface area (Å²) in [6, 6.07) is 6.65.